The lowest BCUT2D eigenvalue weighted by atomic mass is 10.2. The number of aromatic hydroxyl groups is 4. The molecule has 3 heterocycles. The quantitative estimate of drug-likeness (QED) is 0.0482. The molecule has 16 heteroatoms. The molecule has 0 radical (unpaired) electrons. The van der Waals surface area contributed by atoms with Crippen LogP contribution in [0.5, 0.6) is 34.5 Å². The second-order valence-electron chi connectivity index (χ2n) is 11.5. The van der Waals surface area contributed by atoms with E-state index in [2.05, 4.69) is 35.7 Å². The van der Waals surface area contributed by atoms with Crippen LogP contribution in [0, 0.1) is 13.8 Å². The van der Waals surface area contributed by atoms with Crippen LogP contribution in [-0.2, 0) is 0 Å². The Morgan fingerprint density at radius 1 is 0.706 bits per heavy atom. The number of anilines is 1. The lowest BCUT2D eigenvalue weighted by Gasteiger charge is -2.11. The van der Waals surface area contributed by atoms with Crippen molar-refractivity contribution in [2.45, 2.75) is 13.8 Å². The molecule has 0 amide bonds. The van der Waals surface area contributed by atoms with Crippen LogP contribution < -0.4 is 14.8 Å². The van der Waals surface area contributed by atoms with E-state index in [1.54, 1.807) is 55.8 Å². The van der Waals surface area contributed by atoms with Crippen LogP contribution in [0.1, 0.15) is 11.1 Å². The number of rotatable bonds is 9. The average Bonchev–Trinajstić information content (AvgIpc) is 3.85. The number of aliphatic imine (C=N–C) groups is 1. The maximum absolute atomic E-state index is 10.5. The van der Waals surface area contributed by atoms with Gasteiger partial charge in [-0.05, 0) is 73.5 Å². The summed E-state index contributed by atoms with van der Waals surface area (Å²) >= 11 is 1.50. The number of phenolic OH excluding ortho intramolecular Hbond substituents is 4. The summed E-state index contributed by atoms with van der Waals surface area (Å²) in [5.41, 5.74) is 7.50. The van der Waals surface area contributed by atoms with Crippen molar-refractivity contribution >= 4 is 61.4 Å². The molecule has 254 valence electrons. The van der Waals surface area contributed by atoms with Gasteiger partial charge in [0.1, 0.15) is 67.9 Å². The second-order valence-corrected chi connectivity index (χ2v) is 12.4. The highest BCUT2D eigenvalue weighted by Gasteiger charge is 2.15. The largest absolute Gasteiger partial charge is 0.508 e. The van der Waals surface area contributed by atoms with E-state index in [0.717, 1.165) is 10.2 Å². The van der Waals surface area contributed by atoms with Crippen molar-refractivity contribution in [2.24, 2.45) is 4.99 Å². The Hall–Kier alpha value is -6.94. The monoisotopic (exact) mass is 701 g/mol. The Labute approximate surface area is 291 Å². The smallest absolute Gasteiger partial charge is 0.181 e. The molecule has 8 rings (SSSR count). The molecule has 0 saturated heterocycles. The van der Waals surface area contributed by atoms with Crippen molar-refractivity contribution in [1.82, 2.24) is 35.0 Å². The van der Waals surface area contributed by atoms with Crippen LogP contribution in [0.4, 0.5) is 11.4 Å². The first-order chi connectivity index (χ1) is 24.7. The van der Waals surface area contributed by atoms with Gasteiger partial charge in [0.25, 0.3) is 0 Å². The second kappa shape index (κ2) is 12.5. The summed E-state index contributed by atoms with van der Waals surface area (Å²) in [5.74, 6) is 0.928. The van der Waals surface area contributed by atoms with Crippen LogP contribution in [0.15, 0.2) is 83.3 Å². The first kappa shape index (κ1) is 31.3. The Bertz CT molecular complexity index is 2650. The fraction of sp³-hybridized carbons (Fsp3) is 0.0857. The van der Waals surface area contributed by atoms with Crippen molar-refractivity contribution in [3.05, 3.63) is 89.4 Å². The highest BCUT2D eigenvalue weighted by atomic mass is 32.1. The van der Waals surface area contributed by atoms with Crippen LogP contribution in [0.25, 0.3) is 43.7 Å². The number of aryl methyl sites for hydroxylation is 2. The van der Waals surface area contributed by atoms with Gasteiger partial charge in [0.2, 0.25) is 0 Å². The van der Waals surface area contributed by atoms with Gasteiger partial charge in [0.15, 0.2) is 13.1 Å². The van der Waals surface area contributed by atoms with Gasteiger partial charge in [-0.1, -0.05) is 0 Å². The Morgan fingerprint density at radius 3 is 1.94 bits per heavy atom. The summed E-state index contributed by atoms with van der Waals surface area (Å²) in [4.78, 5) is 11.5. The first-order valence-corrected chi connectivity index (χ1v) is 16.3. The summed E-state index contributed by atoms with van der Waals surface area (Å²) < 4.78 is 12.8. The number of ether oxygens (including phenoxy) is 2. The van der Waals surface area contributed by atoms with Gasteiger partial charge in [-0.3, -0.25) is 0 Å². The topological polar surface area (TPSA) is 198 Å². The summed E-state index contributed by atoms with van der Waals surface area (Å²) in [6.45, 7) is 3.46. The number of benzene rings is 5. The predicted molar refractivity (Wildman–Crippen MR) is 191 cm³/mol. The average molecular weight is 702 g/mol. The van der Waals surface area contributed by atoms with E-state index < -0.39 is 0 Å². The highest BCUT2D eigenvalue weighted by molar-refractivity contribution is 7.16. The fourth-order valence-electron chi connectivity index (χ4n) is 5.44. The molecular weight excluding hydrogens is 675 g/mol. The lowest BCUT2D eigenvalue weighted by Crippen LogP contribution is -2.09. The first-order valence-electron chi connectivity index (χ1n) is 15.4. The molecule has 0 bridgehead atoms. The van der Waals surface area contributed by atoms with Gasteiger partial charge < -0.3 is 35.2 Å². The third-order valence-electron chi connectivity index (χ3n) is 8.00. The van der Waals surface area contributed by atoms with E-state index >= 15 is 0 Å². The molecule has 0 saturated carbocycles. The van der Waals surface area contributed by atoms with E-state index in [-0.39, 0.29) is 41.1 Å². The minimum atomic E-state index is -0.0305. The number of thiazole rings is 1. The summed E-state index contributed by atoms with van der Waals surface area (Å²) in [6.07, 6.45) is 1.32. The van der Waals surface area contributed by atoms with E-state index in [4.69, 9.17) is 9.47 Å². The SMILES string of the molecule is Cc1cc(O)cc(-n2nc3ccc(O/C=N\c4cc5ncsc5cc4NCOc4ccc5nn(-c6cc(O)cc(C)c6O)nc5c4)cc3n2)c1O. The number of hydrogen-bond donors (Lipinski definition) is 5. The number of nitrogens with zero attached hydrogens (tertiary/aromatic N) is 8. The maximum Gasteiger partial charge on any atom is 0.181 e. The zero-order chi connectivity index (χ0) is 35.2. The molecule has 0 aliphatic heterocycles. The van der Waals surface area contributed by atoms with Crippen molar-refractivity contribution in [1.29, 1.82) is 0 Å². The van der Waals surface area contributed by atoms with Gasteiger partial charge in [-0.15, -0.1) is 41.3 Å². The molecule has 5 aromatic carbocycles. The summed E-state index contributed by atoms with van der Waals surface area (Å²) in [6, 6.07) is 19.9. The summed E-state index contributed by atoms with van der Waals surface area (Å²) in [5, 5.41) is 62.0. The minimum Gasteiger partial charge on any atom is -0.508 e. The van der Waals surface area contributed by atoms with Crippen LogP contribution in [0.3, 0.4) is 0 Å². The third-order valence-corrected chi connectivity index (χ3v) is 8.79. The molecule has 0 fully saturated rings. The molecule has 51 heavy (non-hydrogen) atoms. The van der Waals surface area contributed by atoms with Gasteiger partial charge in [-0.25, -0.2) is 9.98 Å². The van der Waals surface area contributed by atoms with Gasteiger partial charge in [0.05, 0.1) is 27.1 Å². The van der Waals surface area contributed by atoms with Crippen molar-refractivity contribution < 1.29 is 29.9 Å². The third kappa shape index (κ3) is 6.10. The van der Waals surface area contributed by atoms with Gasteiger partial charge in [0, 0.05) is 24.3 Å². The molecule has 0 aliphatic carbocycles. The lowest BCUT2D eigenvalue weighted by molar-refractivity contribution is 0.347. The normalized spacial score (nSPS) is 11.6. The highest BCUT2D eigenvalue weighted by Crippen LogP contribution is 2.34. The molecule has 8 aromatic rings. The molecule has 0 unspecified atom stereocenters. The predicted octanol–water partition coefficient (Wildman–Crippen LogP) is 6.39. The zero-order valence-electron chi connectivity index (χ0n) is 26.9. The molecule has 5 N–H and O–H groups in total. The van der Waals surface area contributed by atoms with Crippen LogP contribution >= 0.6 is 11.3 Å². The Balaban J connectivity index is 0.977. The molecular formula is C35H27N9O6S. The van der Waals surface area contributed by atoms with E-state index in [0.29, 0.717) is 56.1 Å². The Morgan fingerprint density at radius 2 is 1.29 bits per heavy atom. The Kier molecular flexibility index (Phi) is 7.68. The van der Waals surface area contributed by atoms with E-state index in [1.807, 2.05) is 12.1 Å². The maximum atomic E-state index is 10.5. The van der Waals surface area contributed by atoms with E-state index in [1.165, 1.54) is 51.6 Å². The molecule has 0 atom stereocenters. The van der Waals surface area contributed by atoms with Crippen LogP contribution in [-0.4, -0.2) is 68.5 Å². The number of nitrogens with one attached hydrogen (secondary N) is 1. The van der Waals surface area contributed by atoms with Crippen molar-refractivity contribution in [2.75, 3.05) is 12.0 Å². The number of fused-ring (bicyclic) bond motifs is 3. The molecule has 3 aromatic heterocycles. The van der Waals surface area contributed by atoms with Crippen molar-refractivity contribution in [3.8, 4) is 45.9 Å². The summed E-state index contributed by atoms with van der Waals surface area (Å²) in [7, 11) is 0. The number of phenols is 4. The molecule has 0 aliphatic rings. The van der Waals surface area contributed by atoms with Gasteiger partial charge in [-0.2, -0.15) is 0 Å². The molecule has 15 nitrogen and oxygen atoms in total. The minimum absolute atomic E-state index is 0.00428. The zero-order valence-corrected chi connectivity index (χ0v) is 27.7. The molecule has 0 spiro atoms. The number of aromatic nitrogens is 7. The van der Waals surface area contributed by atoms with Gasteiger partial charge >= 0.3 is 0 Å². The standard InChI is InChI=1S/C35H27N9O6S/c1-18-7-20(45)9-31(34(18)47)43-39-24-5-3-22(11-28(24)41-43)49-15-36-26-13-30-33(51-17-38-30)14-27(26)37-16-50-23-4-6-25-29(12-23)42-44(40-25)32-10-21(46)8-19(2)35(32)48/h3-15,17,37,45-48H,16H2,1-2H3/b36-15-. The number of hydrogen-bond acceptors (Lipinski definition) is 14. The van der Waals surface area contributed by atoms with Crippen molar-refractivity contribution in [3.63, 3.8) is 0 Å². The van der Waals surface area contributed by atoms with Crippen LogP contribution in [0.2, 0.25) is 0 Å². The van der Waals surface area contributed by atoms with E-state index in [9.17, 15) is 20.4 Å². The fourth-order valence-corrected chi connectivity index (χ4v) is 6.14.